The summed E-state index contributed by atoms with van der Waals surface area (Å²) in [7, 11) is 1.74. The van der Waals surface area contributed by atoms with Crippen LogP contribution in [0.2, 0.25) is 0 Å². The van der Waals surface area contributed by atoms with Gasteiger partial charge < -0.3 is 10.1 Å². The number of rotatable bonds is 7. The minimum absolute atomic E-state index is 0.387. The van der Waals surface area contributed by atoms with Crippen LogP contribution in [0.3, 0.4) is 0 Å². The summed E-state index contributed by atoms with van der Waals surface area (Å²) in [6.45, 7) is 7.96. The number of nitrogens with zero attached hydrogens (tertiary/aromatic N) is 1. The van der Waals surface area contributed by atoms with E-state index in [-0.39, 0.29) is 0 Å². The molecule has 1 atom stereocenters. The quantitative estimate of drug-likeness (QED) is 0.758. The van der Waals surface area contributed by atoms with Gasteiger partial charge in [0, 0.05) is 24.6 Å². The highest BCUT2D eigenvalue weighted by molar-refractivity contribution is 7.99. The number of thioether (sulfide) groups is 1. The Labute approximate surface area is 108 Å². The molecule has 0 bridgehead atoms. The number of aromatic nitrogens is 1. The van der Waals surface area contributed by atoms with Crippen molar-refractivity contribution in [2.45, 2.75) is 31.8 Å². The van der Waals surface area contributed by atoms with Crippen molar-refractivity contribution in [2.24, 2.45) is 0 Å². The first-order valence-corrected chi connectivity index (χ1v) is 6.94. The molecule has 3 nitrogen and oxygen atoms in total. The molecule has 0 radical (unpaired) electrons. The van der Waals surface area contributed by atoms with Crippen LogP contribution >= 0.6 is 11.8 Å². The van der Waals surface area contributed by atoms with E-state index in [0.29, 0.717) is 6.04 Å². The SMILES string of the molecule is CCNC(COC)CSc1cc(C)cc(C)n1. The maximum absolute atomic E-state index is 5.20. The molecule has 0 spiro atoms. The smallest absolute Gasteiger partial charge is 0.0966 e. The Balaban J connectivity index is 2.52. The predicted molar refractivity (Wildman–Crippen MR) is 73.8 cm³/mol. The van der Waals surface area contributed by atoms with Crippen molar-refractivity contribution in [1.82, 2.24) is 10.3 Å². The number of ether oxygens (including phenoxy) is 1. The van der Waals surface area contributed by atoms with Crippen LogP contribution in [0.15, 0.2) is 17.2 Å². The molecule has 0 saturated heterocycles. The third-order valence-corrected chi connectivity index (χ3v) is 3.44. The zero-order valence-corrected chi connectivity index (χ0v) is 11.9. The van der Waals surface area contributed by atoms with Gasteiger partial charge in [0.25, 0.3) is 0 Å². The molecule has 1 aromatic rings. The maximum Gasteiger partial charge on any atom is 0.0966 e. The van der Waals surface area contributed by atoms with E-state index in [9.17, 15) is 0 Å². The van der Waals surface area contributed by atoms with E-state index in [1.165, 1.54) is 5.56 Å². The van der Waals surface area contributed by atoms with Crippen LogP contribution in [0.25, 0.3) is 0 Å². The number of hydrogen-bond acceptors (Lipinski definition) is 4. The highest BCUT2D eigenvalue weighted by Crippen LogP contribution is 2.18. The van der Waals surface area contributed by atoms with Crippen LogP contribution in [0.4, 0.5) is 0 Å². The van der Waals surface area contributed by atoms with Crippen molar-refractivity contribution in [3.05, 3.63) is 23.4 Å². The largest absolute Gasteiger partial charge is 0.383 e. The molecule has 1 unspecified atom stereocenters. The molecule has 0 aliphatic rings. The molecule has 0 fully saturated rings. The van der Waals surface area contributed by atoms with Crippen molar-refractivity contribution >= 4 is 11.8 Å². The highest BCUT2D eigenvalue weighted by Gasteiger charge is 2.08. The predicted octanol–water partition coefficient (Wildman–Crippen LogP) is 2.42. The van der Waals surface area contributed by atoms with Gasteiger partial charge in [0.05, 0.1) is 11.6 Å². The lowest BCUT2D eigenvalue weighted by molar-refractivity contribution is 0.174. The van der Waals surface area contributed by atoms with E-state index < -0.39 is 0 Å². The second-order valence-corrected chi connectivity index (χ2v) is 5.19. The van der Waals surface area contributed by atoms with Crippen LogP contribution in [0.1, 0.15) is 18.2 Å². The van der Waals surface area contributed by atoms with Gasteiger partial charge in [0.15, 0.2) is 0 Å². The minimum atomic E-state index is 0.387. The fraction of sp³-hybridized carbons (Fsp3) is 0.615. The molecule has 0 amide bonds. The van der Waals surface area contributed by atoms with Gasteiger partial charge in [0.2, 0.25) is 0 Å². The molecular formula is C13H22N2OS. The number of hydrogen-bond donors (Lipinski definition) is 1. The van der Waals surface area contributed by atoms with Gasteiger partial charge in [-0.25, -0.2) is 4.98 Å². The van der Waals surface area contributed by atoms with Gasteiger partial charge in [-0.05, 0) is 38.1 Å². The maximum atomic E-state index is 5.20. The van der Waals surface area contributed by atoms with Crippen molar-refractivity contribution in [3.63, 3.8) is 0 Å². The zero-order valence-electron chi connectivity index (χ0n) is 11.1. The summed E-state index contributed by atoms with van der Waals surface area (Å²) in [6.07, 6.45) is 0. The lowest BCUT2D eigenvalue weighted by Gasteiger charge is -2.16. The van der Waals surface area contributed by atoms with Crippen molar-refractivity contribution in [1.29, 1.82) is 0 Å². The summed E-state index contributed by atoms with van der Waals surface area (Å²) in [6, 6.07) is 4.62. The number of aryl methyl sites for hydroxylation is 2. The summed E-state index contributed by atoms with van der Waals surface area (Å²) < 4.78 is 5.20. The summed E-state index contributed by atoms with van der Waals surface area (Å²) in [5.41, 5.74) is 2.35. The molecule has 0 saturated carbocycles. The number of methoxy groups -OCH3 is 1. The summed E-state index contributed by atoms with van der Waals surface area (Å²) in [4.78, 5) is 4.52. The molecule has 0 aliphatic carbocycles. The van der Waals surface area contributed by atoms with Crippen LogP contribution in [0, 0.1) is 13.8 Å². The third kappa shape index (κ3) is 5.52. The molecule has 4 heteroatoms. The van der Waals surface area contributed by atoms with Gasteiger partial charge >= 0.3 is 0 Å². The Kier molecular flexibility index (Phi) is 6.55. The van der Waals surface area contributed by atoms with E-state index in [1.807, 2.05) is 6.92 Å². The van der Waals surface area contributed by atoms with Crippen LogP contribution in [-0.4, -0.2) is 37.0 Å². The average molecular weight is 254 g/mol. The fourth-order valence-corrected chi connectivity index (χ4v) is 2.78. The first-order valence-electron chi connectivity index (χ1n) is 5.96. The van der Waals surface area contributed by atoms with Gasteiger partial charge in [-0.2, -0.15) is 0 Å². The summed E-state index contributed by atoms with van der Waals surface area (Å²) in [5.74, 6) is 0.984. The van der Waals surface area contributed by atoms with Crippen LogP contribution in [0.5, 0.6) is 0 Å². The Hall–Kier alpha value is -0.580. The van der Waals surface area contributed by atoms with Crippen molar-refractivity contribution < 1.29 is 4.74 Å². The molecular weight excluding hydrogens is 232 g/mol. The fourth-order valence-electron chi connectivity index (χ4n) is 1.72. The van der Waals surface area contributed by atoms with Crippen LogP contribution in [-0.2, 0) is 4.74 Å². The van der Waals surface area contributed by atoms with Gasteiger partial charge in [0.1, 0.15) is 0 Å². The third-order valence-electron chi connectivity index (χ3n) is 2.37. The van der Waals surface area contributed by atoms with Gasteiger partial charge in [-0.3, -0.25) is 0 Å². The lowest BCUT2D eigenvalue weighted by atomic mass is 10.3. The van der Waals surface area contributed by atoms with E-state index in [4.69, 9.17) is 4.74 Å². The molecule has 17 heavy (non-hydrogen) atoms. The first-order chi connectivity index (χ1) is 8.15. The highest BCUT2D eigenvalue weighted by atomic mass is 32.2. The molecule has 0 aromatic carbocycles. The van der Waals surface area contributed by atoms with Crippen molar-refractivity contribution in [2.75, 3.05) is 26.0 Å². The Morgan fingerprint density at radius 1 is 1.41 bits per heavy atom. The number of nitrogens with one attached hydrogen (secondary N) is 1. The normalized spacial score (nSPS) is 12.7. The van der Waals surface area contributed by atoms with E-state index in [2.05, 4.69) is 36.3 Å². The monoisotopic (exact) mass is 254 g/mol. The Morgan fingerprint density at radius 2 is 2.18 bits per heavy atom. The standard InChI is InChI=1S/C13H22N2OS/c1-5-14-12(8-16-4)9-17-13-7-10(2)6-11(3)15-13/h6-7,12,14H,5,8-9H2,1-4H3. The lowest BCUT2D eigenvalue weighted by Crippen LogP contribution is -2.35. The molecule has 1 aromatic heterocycles. The van der Waals surface area contributed by atoms with Gasteiger partial charge in [-0.1, -0.05) is 6.92 Å². The van der Waals surface area contributed by atoms with Crippen molar-refractivity contribution in [3.8, 4) is 0 Å². The van der Waals surface area contributed by atoms with E-state index in [0.717, 1.165) is 29.6 Å². The second kappa shape index (κ2) is 7.69. The zero-order chi connectivity index (χ0) is 12.7. The summed E-state index contributed by atoms with van der Waals surface area (Å²) >= 11 is 1.78. The summed E-state index contributed by atoms with van der Waals surface area (Å²) in [5, 5.41) is 4.51. The minimum Gasteiger partial charge on any atom is -0.383 e. The second-order valence-electron chi connectivity index (χ2n) is 4.15. The number of likely N-dealkylation sites (N-methyl/N-ethyl adjacent to an activating group) is 1. The topological polar surface area (TPSA) is 34.1 Å². The Bertz CT molecular complexity index is 318. The van der Waals surface area contributed by atoms with Crippen LogP contribution < -0.4 is 5.32 Å². The molecule has 1 rings (SSSR count). The Morgan fingerprint density at radius 3 is 2.76 bits per heavy atom. The number of pyridine rings is 1. The van der Waals surface area contributed by atoms with E-state index in [1.54, 1.807) is 18.9 Å². The van der Waals surface area contributed by atoms with E-state index >= 15 is 0 Å². The average Bonchev–Trinajstić information content (AvgIpc) is 2.25. The van der Waals surface area contributed by atoms with Gasteiger partial charge in [-0.15, -0.1) is 11.8 Å². The molecule has 0 aliphatic heterocycles. The molecule has 1 N–H and O–H groups in total. The molecule has 96 valence electrons. The molecule has 1 heterocycles. The first kappa shape index (κ1) is 14.5.